The van der Waals surface area contributed by atoms with Crippen LogP contribution in [0.25, 0.3) is 0 Å². The molecule has 70 valence electrons. The molecule has 0 spiro atoms. The van der Waals surface area contributed by atoms with Gasteiger partial charge in [0.05, 0.1) is 13.1 Å². The molecule has 0 aromatic heterocycles. The van der Waals surface area contributed by atoms with Crippen molar-refractivity contribution in [3.05, 3.63) is 34.9 Å². The van der Waals surface area contributed by atoms with Crippen LogP contribution in [0.2, 0.25) is 5.02 Å². The molecule has 1 aromatic rings. The van der Waals surface area contributed by atoms with Gasteiger partial charge in [0.1, 0.15) is 0 Å². The third-order valence-electron chi connectivity index (χ3n) is 2.78. The quantitative estimate of drug-likeness (QED) is 0.706. The van der Waals surface area contributed by atoms with E-state index in [9.17, 15) is 0 Å². The molecule has 2 rings (SSSR count). The van der Waals surface area contributed by atoms with Gasteiger partial charge in [0, 0.05) is 17.9 Å². The Morgan fingerprint density at radius 3 is 2.31 bits per heavy atom. The van der Waals surface area contributed by atoms with E-state index >= 15 is 0 Å². The predicted octanol–water partition coefficient (Wildman–Crippen LogP) is 1.78. The normalized spacial score (nSPS) is 18.8. The van der Waals surface area contributed by atoms with Crippen LogP contribution in [0.5, 0.6) is 0 Å². The minimum atomic E-state index is 0.766. The first kappa shape index (κ1) is 9.04. The summed E-state index contributed by atoms with van der Waals surface area (Å²) in [6.45, 7) is 2.54. The number of halogens is 1. The summed E-state index contributed by atoms with van der Waals surface area (Å²) >= 11 is 5.84. The van der Waals surface area contributed by atoms with Gasteiger partial charge in [0.2, 0.25) is 0 Å². The van der Waals surface area contributed by atoms with E-state index in [-0.39, 0.29) is 0 Å². The van der Waals surface area contributed by atoms with E-state index in [1.54, 1.807) is 0 Å². The highest BCUT2D eigenvalue weighted by molar-refractivity contribution is 6.30. The van der Waals surface area contributed by atoms with Crippen LogP contribution in [0.15, 0.2) is 24.3 Å². The van der Waals surface area contributed by atoms with Gasteiger partial charge in [0.25, 0.3) is 0 Å². The highest BCUT2D eigenvalue weighted by Crippen LogP contribution is 2.24. The molecule has 1 heterocycles. The Kier molecular flexibility index (Phi) is 2.87. The molecule has 2 heteroatoms. The molecular weight excluding hydrogens is 182 g/mol. The van der Waals surface area contributed by atoms with Crippen LogP contribution in [0.1, 0.15) is 24.3 Å². The van der Waals surface area contributed by atoms with Gasteiger partial charge >= 0.3 is 0 Å². The van der Waals surface area contributed by atoms with Crippen LogP contribution in [-0.2, 0) is 0 Å². The molecule has 0 saturated carbocycles. The molecule has 13 heavy (non-hydrogen) atoms. The molecule has 0 radical (unpaired) electrons. The molecule has 0 atom stereocenters. The fraction of sp³-hybridized carbons (Fsp3) is 0.455. The lowest BCUT2D eigenvalue weighted by atomic mass is 9.90. The van der Waals surface area contributed by atoms with Gasteiger partial charge in [-0.25, -0.2) is 0 Å². The summed E-state index contributed by atoms with van der Waals surface area (Å²) in [7, 11) is 0. The van der Waals surface area contributed by atoms with Crippen molar-refractivity contribution >= 4 is 11.6 Å². The Balaban J connectivity index is 2.10. The van der Waals surface area contributed by atoms with Gasteiger partial charge in [-0.2, -0.15) is 0 Å². The van der Waals surface area contributed by atoms with Crippen molar-refractivity contribution in [2.24, 2.45) is 0 Å². The van der Waals surface area contributed by atoms with E-state index in [1.165, 1.54) is 31.5 Å². The van der Waals surface area contributed by atoms with Gasteiger partial charge < -0.3 is 5.32 Å². The number of hydrogen-bond donors (Lipinski definition) is 1. The minimum absolute atomic E-state index is 0.766. The largest absolute Gasteiger partial charge is 0.346 e. The minimum Gasteiger partial charge on any atom is -0.346 e. The van der Waals surface area contributed by atoms with Crippen molar-refractivity contribution in [3.8, 4) is 0 Å². The van der Waals surface area contributed by atoms with Crippen molar-refractivity contribution in [2.45, 2.75) is 18.8 Å². The standard InChI is InChI=1S/C11H14ClN/c12-11-3-1-9(2-4-11)10-5-7-13-8-6-10/h1-4,10,13H,5-8H2/p+1. The highest BCUT2D eigenvalue weighted by Gasteiger charge is 2.16. The fourth-order valence-corrected chi connectivity index (χ4v) is 2.12. The lowest BCUT2D eigenvalue weighted by molar-refractivity contribution is -0.663. The number of hydrogen-bond acceptors (Lipinski definition) is 0. The first-order valence-electron chi connectivity index (χ1n) is 4.93. The van der Waals surface area contributed by atoms with Crippen molar-refractivity contribution in [1.82, 2.24) is 0 Å². The molecule has 2 N–H and O–H groups in total. The van der Waals surface area contributed by atoms with Gasteiger partial charge in [-0.15, -0.1) is 0 Å². The zero-order valence-electron chi connectivity index (χ0n) is 7.67. The van der Waals surface area contributed by atoms with E-state index in [0.717, 1.165) is 10.9 Å². The fourth-order valence-electron chi connectivity index (χ4n) is 2.00. The first-order valence-corrected chi connectivity index (χ1v) is 5.31. The molecule has 1 nitrogen and oxygen atoms in total. The summed E-state index contributed by atoms with van der Waals surface area (Å²) in [6.07, 6.45) is 2.61. The van der Waals surface area contributed by atoms with Gasteiger partial charge in [-0.3, -0.25) is 0 Å². The predicted molar refractivity (Wildman–Crippen MR) is 55.1 cm³/mol. The van der Waals surface area contributed by atoms with Crippen molar-refractivity contribution < 1.29 is 5.32 Å². The second kappa shape index (κ2) is 4.12. The average molecular weight is 197 g/mol. The van der Waals surface area contributed by atoms with Crippen LogP contribution in [0, 0.1) is 0 Å². The van der Waals surface area contributed by atoms with Crippen molar-refractivity contribution in [3.63, 3.8) is 0 Å². The summed E-state index contributed by atoms with van der Waals surface area (Å²) < 4.78 is 0. The second-order valence-corrected chi connectivity index (χ2v) is 4.13. The number of benzene rings is 1. The topological polar surface area (TPSA) is 16.6 Å². The van der Waals surface area contributed by atoms with Crippen LogP contribution in [0.3, 0.4) is 0 Å². The first-order chi connectivity index (χ1) is 6.36. The Labute approximate surface area is 84.1 Å². The number of quaternary nitrogens is 1. The number of piperidine rings is 1. The van der Waals surface area contributed by atoms with E-state index in [1.807, 2.05) is 12.1 Å². The van der Waals surface area contributed by atoms with Crippen LogP contribution >= 0.6 is 11.6 Å². The summed E-state index contributed by atoms with van der Waals surface area (Å²) in [6, 6.07) is 8.32. The maximum Gasteiger partial charge on any atom is 0.0761 e. The molecular formula is C11H15ClN+. The number of nitrogens with two attached hydrogens (primary N) is 1. The maximum absolute atomic E-state index is 5.84. The van der Waals surface area contributed by atoms with E-state index in [2.05, 4.69) is 17.4 Å². The van der Waals surface area contributed by atoms with Gasteiger partial charge in [0.15, 0.2) is 0 Å². The molecule has 1 fully saturated rings. The summed E-state index contributed by atoms with van der Waals surface area (Å²) in [5.74, 6) is 0.766. The SMILES string of the molecule is Clc1ccc(C2CC[NH2+]CC2)cc1. The lowest BCUT2D eigenvalue weighted by Crippen LogP contribution is -2.86. The second-order valence-electron chi connectivity index (χ2n) is 3.69. The van der Waals surface area contributed by atoms with Crippen molar-refractivity contribution in [2.75, 3.05) is 13.1 Å². The third kappa shape index (κ3) is 2.23. The molecule has 0 aliphatic carbocycles. The van der Waals surface area contributed by atoms with E-state index in [0.29, 0.717) is 0 Å². The highest BCUT2D eigenvalue weighted by atomic mass is 35.5. The third-order valence-corrected chi connectivity index (χ3v) is 3.03. The van der Waals surface area contributed by atoms with E-state index in [4.69, 9.17) is 11.6 Å². The van der Waals surface area contributed by atoms with Crippen molar-refractivity contribution in [1.29, 1.82) is 0 Å². The Hall–Kier alpha value is -0.530. The maximum atomic E-state index is 5.84. The number of rotatable bonds is 1. The van der Waals surface area contributed by atoms with Gasteiger partial charge in [-0.05, 0) is 23.6 Å². The zero-order chi connectivity index (χ0) is 9.10. The molecule has 1 aliphatic heterocycles. The zero-order valence-corrected chi connectivity index (χ0v) is 8.43. The lowest BCUT2D eigenvalue weighted by Gasteiger charge is -2.20. The summed E-state index contributed by atoms with van der Waals surface area (Å²) in [5, 5.41) is 3.23. The monoisotopic (exact) mass is 196 g/mol. The van der Waals surface area contributed by atoms with Crippen LogP contribution in [0.4, 0.5) is 0 Å². The molecule has 0 bridgehead atoms. The Morgan fingerprint density at radius 2 is 1.69 bits per heavy atom. The van der Waals surface area contributed by atoms with Crippen LogP contribution < -0.4 is 5.32 Å². The molecule has 0 unspecified atom stereocenters. The Morgan fingerprint density at radius 1 is 1.08 bits per heavy atom. The molecule has 1 aliphatic rings. The van der Waals surface area contributed by atoms with Gasteiger partial charge in [-0.1, -0.05) is 23.7 Å². The average Bonchev–Trinajstić information content (AvgIpc) is 2.20. The van der Waals surface area contributed by atoms with E-state index < -0.39 is 0 Å². The summed E-state index contributed by atoms with van der Waals surface area (Å²) in [5.41, 5.74) is 1.46. The molecule has 0 amide bonds. The molecule has 1 saturated heterocycles. The smallest absolute Gasteiger partial charge is 0.0761 e. The summed E-state index contributed by atoms with van der Waals surface area (Å²) in [4.78, 5) is 0. The van der Waals surface area contributed by atoms with Crippen LogP contribution in [-0.4, -0.2) is 13.1 Å². The molecule has 1 aromatic carbocycles. The Bertz CT molecular complexity index is 262.